The van der Waals surface area contributed by atoms with Gasteiger partial charge in [0.1, 0.15) is 4.88 Å². The van der Waals surface area contributed by atoms with Crippen molar-refractivity contribution in [2.24, 2.45) is 0 Å². The molecule has 2 aromatic carbocycles. The molecule has 1 aromatic heterocycles. The van der Waals surface area contributed by atoms with Gasteiger partial charge >= 0.3 is 0 Å². The normalized spacial score (nSPS) is 17.8. The molecule has 0 bridgehead atoms. The van der Waals surface area contributed by atoms with Crippen LogP contribution >= 0.6 is 34.5 Å². The molecule has 1 N–H and O–H groups in total. The number of nitrogens with zero attached hydrogens (tertiary/aromatic N) is 1. The summed E-state index contributed by atoms with van der Waals surface area (Å²) in [7, 11) is 0. The standard InChI is InChI=1S/C21H16Cl2N2O2S/c22-14-3-1-2-12(8-14)13-4-5-15-16(9-13)28-19(18(15)23)20(27)25-10-21(11-25)7-6-17(26)24-21/h1-5,8-9H,6-7,10-11H2,(H,24,26). The number of carbonyl (C=O) groups is 2. The van der Waals surface area contributed by atoms with Crippen molar-refractivity contribution in [3.05, 3.63) is 57.4 Å². The van der Waals surface area contributed by atoms with E-state index in [0.29, 0.717) is 34.4 Å². The van der Waals surface area contributed by atoms with E-state index >= 15 is 0 Å². The average molecular weight is 431 g/mol. The van der Waals surface area contributed by atoms with E-state index in [1.165, 1.54) is 11.3 Å². The van der Waals surface area contributed by atoms with Gasteiger partial charge in [-0.1, -0.05) is 47.5 Å². The second-order valence-electron chi connectivity index (χ2n) is 7.46. The highest BCUT2D eigenvalue weighted by Gasteiger charge is 2.49. The second kappa shape index (κ2) is 6.48. The Morgan fingerprint density at radius 3 is 2.61 bits per heavy atom. The Morgan fingerprint density at radius 2 is 1.89 bits per heavy atom. The lowest BCUT2D eigenvalue weighted by atomic mass is 9.88. The molecule has 1 spiro atoms. The molecule has 0 saturated carbocycles. The van der Waals surface area contributed by atoms with Crippen LogP contribution in [0.1, 0.15) is 22.5 Å². The van der Waals surface area contributed by atoms with Crippen LogP contribution in [-0.2, 0) is 4.79 Å². The maximum atomic E-state index is 13.0. The first-order valence-electron chi connectivity index (χ1n) is 9.02. The van der Waals surface area contributed by atoms with Crippen molar-refractivity contribution in [1.29, 1.82) is 0 Å². The van der Waals surface area contributed by atoms with Crippen molar-refractivity contribution >= 4 is 56.4 Å². The van der Waals surface area contributed by atoms with E-state index in [0.717, 1.165) is 27.6 Å². The molecule has 2 aliphatic heterocycles. The fourth-order valence-electron chi connectivity index (χ4n) is 4.03. The largest absolute Gasteiger partial charge is 0.347 e. The van der Waals surface area contributed by atoms with Crippen LogP contribution in [0.3, 0.4) is 0 Å². The zero-order valence-corrected chi connectivity index (χ0v) is 17.1. The number of likely N-dealkylation sites (tertiary alicyclic amines) is 1. The molecule has 3 heterocycles. The Morgan fingerprint density at radius 1 is 1.11 bits per heavy atom. The molecular weight excluding hydrogens is 415 g/mol. The molecule has 28 heavy (non-hydrogen) atoms. The van der Waals surface area contributed by atoms with Gasteiger partial charge in [-0.2, -0.15) is 0 Å². The SMILES string of the molecule is O=C1CCC2(CN(C(=O)c3sc4cc(-c5cccc(Cl)c5)ccc4c3Cl)C2)N1. The summed E-state index contributed by atoms with van der Waals surface area (Å²) in [5, 5.41) is 5.06. The van der Waals surface area contributed by atoms with Gasteiger partial charge in [0.15, 0.2) is 0 Å². The van der Waals surface area contributed by atoms with Gasteiger partial charge < -0.3 is 10.2 Å². The Hall–Kier alpha value is -2.08. The fraction of sp³-hybridized carbons (Fsp3) is 0.238. The summed E-state index contributed by atoms with van der Waals surface area (Å²) in [4.78, 5) is 26.8. The van der Waals surface area contributed by atoms with Gasteiger partial charge in [0.25, 0.3) is 5.91 Å². The van der Waals surface area contributed by atoms with Crippen molar-refractivity contribution in [2.45, 2.75) is 18.4 Å². The van der Waals surface area contributed by atoms with Gasteiger partial charge in [-0.3, -0.25) is 9.59 Å². The fourth-order valence-corrected chi connectivity index (χ4v) is 5.74. The van der Waals surface area contributed by atoms with Crippen LogP contribution in [0.25, 0.3) is 21.2 Å². The quantitative estimate of drug-likeness (QED) is 0.622. The molecule has 2 aliphatic rings. The first-order valence-corrected chi connectivity index (χ1v) is 10.6. The van der Waals surface area contributed by atoms with Crippen LogP contribution in [0.5, 0.6) is 0 Å². The molecule has 0 unspecified atom stereocenters. The molecule has 2 amide bonds. The zero-order valence-electron chi connectivity index (χ0n) is 14.8. The third-order valence-electron chi connectivity index (χ3n) is 5.49. The van der Waals surface area contributed by atoms with Gasteiger partial charge in [-0.25, -0.2) is 0 Å². The van der Waals surface area contributed by atoms with Crippen molar-refractivity contribution in [1.82, 2.24) is 10.2 Å². The highest BCUT2D eigenvalue weighted by atomic mass is 35.5. The third-order valence-corrected chi connectivity index (χ3v) is 7.37. The molecule has 3 aromatic rings. The van der Waals surface area contributed by atoms with E-state index < -0.39 is 0 Å². The van der Waals surface area contributed by atoms with Gasteiger partial charge in [0.05, 0.1) is 10.6 Å². The number of nitrogens with one attached hydrogen (secondary N) is 1. The molecule has 0 atom stereocenters. The van der Waals surface area contributed by atoms with E-state index in [1.54, 1.807) is 4.90 Å². The van der Waals surface area contributed by atoms with Crippen LogP contribution in [-0.4, -0.2) is 35.3 Å². The maximum absolute atomic E-state index is 13.0. The molecule has 142 valence electrons. The van der Waals surface area contributed by atoms with Gasteiger partial charge in [0.2, 0.25) is 5.91 Å². The number of hydrogen-bond donors (Lipinski definition) is 1. The summed E-state index contributed by atoms with van der Waals surface area (Å²) >= 11 is 14.1. The smallest absolute Gasteiger partial charge is 0.265 e. The minimum Gasteiger partial charge on any atom is -0.347 e. The zero-order chi connectivity index (χ0) is 19.5. The van der Waals surface area contributed by atoms with Crippen LogP contribution in [0.2, 0.25) is 10.0 Å². The molecule has 0 radical (unpaired) electrons. The first kappa shape index (κ1) is 18.0. The summed E-state index contributed by atoms with van der Waals surface area (Å²) in [5.74, 6) is 0.00261. The summed E-state index contributed by atoms with van der Waals surface area (Å²) in [6, 6.07) is 13.7. The van der Waals surface area contributed by atoms with E-state index in [2.05, 4.69) is 5.32 Å². The minimum atomic E-state index is -0.227. The maximum Gasteiger partial charge on any atom is 0.265 e. The van der Waals surface area contributed by atoms with Crippen molar-refractivity contribution in [3.63, 3.8) is 0 Å². The van der Waals surface area contributed by atoms with Crippen molar-refractivity contribution in [3.8, 4) is 11.1 Å². The molecule has 2 fully saturated rings. The molecular formula is C21H16Cl2N2O2S. The summed E-state index contributed by atoms with van der Waals surface area (Å²) in [6.07, 6.45) is 1.33. The number of rotatable bonds is 2. The predicted octanol–water partition coefficient (Wildman–Crippen LogP) is 4.98. The lowest BCUT2D eigenvalue weighted by molar-refractivity contribution is -0.120. The van der Waals surface area contributed by atoms with Crippen LogP contribution in [0.15, 0.2) is 42.5 Å². The molecule has 4 nitrogen and oxygen atoms in total. The number of fused-ring (bicyclic) bond motifs is 1. The highest BCUT2D eigenvalue weighted by Crippen LogP contribution is 2.40. The summed E-state index contributed by atoms with van der Waals surface area (Å²) in [6.45, 7) is 1.10. The van der Waals surface area contributed by atoms with Gasteiger partial charge in [-0.05, 0) is 35.7 Å². The van der Waals surface area contributed by atoms with Gasteiger partial charge in [-0.15, -0.1) is 11.3 Å². The predicted molar refractivity (Wildman–Crippen MR) is 113 cm³/mol. The lowest BCUT2D eigenvalue weighted by Gasteiger charge is -2.47. The summed E-state index contributed by atoms with van der Waals surface area (Å²) < 4.78 is 0.968. The first-order chi connectivity index (χ1) is 13.4. The molecule has 0 aliphatic carbocycles. The van der Waals surface area contributed by atoms with Gasteiger partial charge in [0, 0.05) is 34.6 Å². The average Bonchev–Trinajstić information content (AvgIpc) is 3.20. The van der Waals surface area contributed by atoms with E-state index in [9.17, 15) is 9.59 Å². The Bertz CT molecular complexity index is 1130. The Kier molecular flexibility index (Phi) is 4.16. The summed E-state index contributed by atoms with van der Waals surface area (Å²) in [5.41, 5.74) is 1.83. The third kappa shape index (κ3) is 2.89. The molecule has 7 heteroatoms. The Labute approximate surface area is 176 Å². The second-order valence-corrected chi connectivity index (χ2v) is 9.32. The van der Waals surface area contributed by atoms with E-state index in [1.807, 2.05) is 42.5 Å². The molecule has 5 rings (SSSR count). The number of halogens is 2. The molecule has 2 saturated heterocycles. The minimum absolute atomic E-state index is 0.0673. The lowest BCUT2D eigenvalue weighted by Crippen LogP contribution is -2.68. The monoisotopic (exact) mass is 430 g/mol. The Balaban J connectivity index is 1.43. The van der Waals surface area contributed by atoms with Crippen molar-refractivity contribution < 1.29 is 9.59 Å². The number of carbonyl (C=O) groups excluding carboxylic acids is 2. The number of hydrogen-bond acceptors (Lipinski definition) is 3. The number of amides is 2. The van der Waals surface area contributed by atoms with E-state index in [-0.39, 0.29) is 17.4 Å². The topological polar surface area (TPSA) is 49.4 Å². The number of benzene rings is 2. The van der Waals surface area contributed by atoms with E-state index in [4.69, 9.17) is 23.2 Å². The highest BCUT2D eigenvalue weighted by molar-refractivity contribution is 7.21. The number of thiophene rings is 1. The van der Waals surface area contributed by atoms with Crippen molar-refractivity contribution in [2.75, 3.05) is 13.1 Å². The van der Waals surface area contributed by atoms with Crippen LogP contribution in [0.4, 0.5) is 0 Å². The van der Waals surface area contributed by atoms with Crippen LogP contribution in [0, 0.1) is 0 Å². The van der Waals surface area contributed by atoms with Crippen LogP contribution < -0.4 is 5.32 Å².